The first-order valence-electron chi connectivity index (χ1n) is 17.1. The molecule has 0 radical (unpaired) electrons. The van der Waals surface area contributed by atoms with Crippen LogP contribution in [0.5, 0.6) is 0 Å². The third kappa shape index (κ3) is 9.85. The van der Waals surface area contributed by atoms with Crippen LogP contribution in [0.3, 0.4) is 0 Å². The van der Waals surface area contributed by atoms with Gasteiger partial charge in [0.15, 0.2) is 0 Å². The minimum atomic E-state index is -1.03. The zero-order valence-corrected chi connectivity index (χ0v) is 28.8. The number of carbonyl (C=O) groups excluding carboxylic acids is 6. The Morgan fingerprint density at radius 2 is 1.48 bits per heavy atom. The number of rotatable bonds is 19. The summed E-state index contributed by atoms with van der Waals surface area (Å²) in [5.74, 6) is -2.72. The number of nitrogens with zero attached hydrogens (tertiary/aromatic N) is 1. The van der Waals surface area contributed by atoms with Gasteiger partial charge >= 0.3 is 0 Å². The molecule has 2 aliphatic heterocycles. The standard InChI is InChI=1S/C37H42N6O9/c1-2-16-39-42-34(46)26-8-6-24(7-9-26)25-10-12-27(13-11-25)40-32(45)23-52-22-21-51-20-19-50-18-17-38-29-5-3-4-28-33(29)37(49)43(36(28)48)30-14-15-31(44)41-35(30)47/h3-13,30,38-39H,2,14-23H2,1H3,(H,40,45)(H,42,46)(H,41,44,47). The normalized spacial score (nSPS) is 15.3. The molecule has 6 amide bonds. The van der Waals surface area contributed by atoms with Crippen LogP contribution in [0.25, 0.3) is 11.1 Å². The molecule has 5 rings (SSSR count). The van der Waals surface area contributed by atoms with Crippen molar-refractivity contribution in [1.82, 2.24) is 21.1 Å². The number of amides is 6. The van der Waals surface area contributed by atoms with Crippen LogP contribution >= 0.6 is 0 Å². The molecule has 2 heterocycles. The van der Waals surface area contributed by atoms with E-state index in [1.54, 1.807) is 36.4 Å². The maximum Gasteiger partial charge on any atom is 0.265 e. The summed E-state index contributed by atoms with van der Waals surface area (Å²) < 4.78 is 16.5. The maximum atomic E-state index is 13.2. The van der Waals surface area contributed by atoms with E-state index in [4.69, 9.17) is 14.2 Å². The minimum Gasteiger partial charge on any atom is -0.382 e. The summed E-state index contributed by atoms with van der Waals surface area (Å²) in [5.41, 5.74) is 9.43. The number of hydrogen-bond acceptors (Lipinski definition) is 11. The van der Waals surface area contributed by atoms with Gasteiger partial charge in [0, 0.05) is 36.4 Å². The van der Waals surface area contributed by atoms with Crippen molar-refractivity contribution in [3.63, 3.8) is 0 Å². The van der Waals surface area contributed by atoms with E-state index in [-0.39, 0.29) is 55.6 Å². The van der Waals surface area contributed by atoms with Gasteiger partial charge in [0.2, 0.25) is 17.7 Å². The number of hydrogen-bond donors (Lipinski definition) is 5. The number of carbonyl (C=O) groups is 6. The van der Waals surface area contributed by atoms with Crippen LogP contribution in [0.15, 0.2) is 66.7 Å². The fourth-order valence-electron chi connectivity index (χ4n) is 5.62. The molecule has 52 heavy (non-hydrogen) atoms. The first-order valence-corrected chi connectivity index (χ1v) is 17.1. The predicted octanol–water partition coefficient (Wildman–Crippen LogP) is 2.50. The topological polar surface area (TPSA) is 194 Å². The Bertz CT molecular complexity index is 1760. The summed E-state index contributed by atoms with van der Waals surface area (Å²) in [7, 11) is 0. The molecule has 15 heteroatoms. The average Bonchev–Trinajstić information content (AvgIpc) is 3.40. The SMILES string of the molecule is CCCNNC(=O)c1ccc(-c2ccc(NC(=O)COCCOCCOCCNc3cccc4c3C(=O)N(C3CCC(=O)NC3=O)C4=O)cc2)cc1. The number of fused-ring (bicyclic) bond motifs is 1. The van der Waals surface area contributed by atoms with E-state index in [0.717, 1.165) is 22.4 Å². The van der Waals surface area contributed by atoms with Gasteiger partial charge in [0.05, 0.1) is 44.2 Å². The number of piperidine rings is 1. The van der Waals surface area contributed by atoms with Gasteiger partial charge in [-0.15, -0.1) is 0 Å². The molecule has 5 N–H and O–H groups in total. The first kappa shape index (κ1) is 37.8. The van der Waals surface area contributed by atoms with Crippen LogP contribution < -0.4 is 26.8 Å². The van der Waals surface area contributed by atoms with Gasteiger partial charge in [-0.1, -0.05) is 37.3 Å². The van der Waals surface area contributed by atoms with E-state index in [9.17, 15) is 28.8 Å². The van der Waals surface area contributed by atoms with Gasteiger partial charge in [0.25, 0.3) is 17.7 Å². The second kappa shape index (κ2) is 18.7. The number of imide groups is 2. The van der Waals surface area contributed by atoms with Crippen molar-refractivity contribution < 1.29 is 43.0 Å². The van der Waals surface area contributed by atoms with Crippen LogP contribution in [-0.2, 0) is 28.6 Å². The number of ether oxygens (including phenoxy) is 3. The molecule has 15 nitrogen and oxygen atoms in total. The third-order valence-electron chi connectivity index (χ3n) is 8.23. The zero-order chi connectivity index (χ0) is 36.9. The van der Waals surface area contributed by atoms with Gasteiger partial charge in [-0.3, -0.25) is 44.4 Å². The Labute approximate surface area is 300 Å². The van der Waals surface area contributed by atoms with Crippen molar-refractivity contribution in [2.45, 2.75) is 32.2 Å². The Kier molecular flexibility index (Phi) is 13.6. The van der Waals surface area contributed by atoms with E-state index in [0.29, 0.717) is 49.8 Å². The van der Waals surface area contributed by atoms with Crippen molar-refractivity contribution in [1.29, 1.82) is 0 Å². The van der Waals surface area contributed by atoms with Crippen LogP contribution in [-0.4, -0.2) is 99.1 Å². The Hall–Kier alpha value is -5.48. The molecule has 1 unspecified atom stereocenters. The molecule has 1 atom stereocenters. The van der Waals surface area contributed by atoms with E-state index < -0.39 is 29.7 Å². The molecule has 0 bridgehead atoms. The third-order valence-corrected chi connectivity index (χ3v) is 8.23. The van der Waals surface area contributed by atoms with Crippen LogP contribution in [0.2, 0.25) is 0 Å². The molecule has 0 aromatic heterocycles. The molecular weight excluding hydrogens is 672 g/mol. The van der Waals surface area contributed by atoms with Gasteiger partial charge in [0.1, 0.15) is 12.6 Å². The van der Waals surface area contributed by atoms with E-state index in [2.05, 4.69) is 26.8 Å². The number of benzene rings is 3. The smallest absolute Gasteiger partial charge is 0.265 e. The lowest BCUT2D eigenvalue weighted by Gasteiger charge is -2.27. The lowest BCUT2D eigenvalue weighted by Crippen LogP contribution is -2.54. The van der Waals surface area contributed by atoms with Crippen LogP contribution in [0.4, 0.5) is 11.4 Å². The summed E-state index contributed by atoms with van der Waals surface area (Å²) in [6.45, 7) is 4.33. The maximum absolute atomic E-state index is 13.2. The predicted molar refractivity (Wildman–Crippen MR) is 190 cm³/mol. The number of anilines is 2. The second-order valence-corrected chi connectivity index (χ2v) is 12.0. The molecule has 2 aliphatic rings. The summed E-state index contributed by atoms with van der Waals surface area (Å²) in [6.07, 6.45) is 1.05. The number of nitrogens with one attached hydrogen (secondary N) is 5. The quantitative estimate of drug-likeness (QED) is 0.0696. The fraction of sp³-hybridized carbons (Fsp3) is 0.351. The van der Waals surface area contributed by atoms with Crippen molar-refractivity contribution in [3.8, 4) is 11.1 Å². The molecule has 0 aliphatic carbocycles. The van der Waals surface area contributed by atoms with E-state index in [1.165, 1.54) is 6.07 Å². The monoisotopic (exact) mass is 714 g/mol. The van der Waals surface area contributed by atoms with E-state index in [1.807, 2.05) is 31.2 Å². The highest BCUT2D eigenvalue weighted by Gasteiger charge is 2.45. The van der Waals surface area contributed by atoms with Gasteiger partial charge in [-0.05, 0) is 60.4 Å². The Morgan fingerprint density at radius 1 is 0.808 bits per heavy atom. The molecule has 274 valence electrons. The molecule has 1 saturated heterocycles. The summed E-state index contributed by atoms with van der Waals surface area (Å²) >= 11 is 0. The van der Waals surface area contributed by atoms with Crippen molar-refractivity contribution in [2.24, 2.45) is 0 Å². The summed E-state index contributed by atoms with van der Waals surface area (Å²) in [5, 5.41) is 8.10. The molecule has 1 fully saturated rings. The highest BCUT2D eigenvalue weighted by atomic mass is 16.5. The minimum absolute atomic E-state index is 0.0527. The van der Waals surface area contributed by atoms with Crippen molar-refractivity contribution in [2.75, 3.05) is 63.4 Å². The van der Waals surface area contributed by atoms with Crippen molar-refractivity contribution in [3.05, 3.63) is 83.4 Å². The van der Waals surface area contributed by atoms with Crippen LogP contribution in [0, 0.1) is 0 Å². The molecule has 3 aromatic rings. The van der Waals surface area contributed by atoms with Gasteiger partial charge in [-0.25, -0.2) is 5.43 Å². The van der Waals surface area contributed by atoms with E-state index >= 15 is 0 Å². The Balaban J connectivity index is 0.917. The van der Waals surface area contributed by atoms with Gasteiger partial charge < -0.3 is 24.8 Å². The Morgan fingerprint density at radius 3 is 2.17 bits per heavy atom. The summed E-state index contributed by atoms with van der Waals surface area (Å²) in [4.78, 5) is 75.3. The largest absolute Gasteiger partial charge is 0.382 e. The lowest BCUT2D eigenvalue weighted by molar-refractivity contribution is -0.136. The zero-order valence-electron chi connectivity index (χ0n) is 28.8. The fourth-order valence-corrected chi connectivity index (χ4v) is 5.62. The lowest BCUT2D eigenvalue weighted by atomic mass is 10.0. The average molecular weight is 715 g/mol. The highest BCUT2D eigenvalue weighted by Crippen LogP contribution is 2.32. The van der Waals surface area contributed by atoms with Gasteiger partial charge in [-0.2, -0.15) is 0 Å². The molecular formula is C37H42N6O9. The first-order chi connectivity index (χ1) is 25.3. The molecule has 3 aromatic carbocycles. The summed E-state index contributed by atoms with van der Waals surface area (Å²) in [6, 6.07) is 18.5. The molecule has 0 spiro atoms. The number of hydrazine groups is 1. The highest BCUT2D eigenvalue weighted by molar-refractivity contribution is 6.25. The van der Waals surface area contributed by atoms with Crippen LogP contribution in [0.1, 0.15) is 57.3 Å². The molecule has 0 saturated carbocycles. The second-order valence-electron chi connectivity index (χ2n) is 12.0. The van der Waals surface area contributed by atoms with Crippen molar-refractivity contribution >= 4 is 46.8 Å².